The number of benzene rings is 2. The van der Waals surface area contributed by atoms with Crippen LogP contribution in [0.2, 0.25) is 15.1 Å². The van der Waals surface area contributed by atoms with Crippen LogP contribution in [0.4, 0.5) is 5.69 Å². The lowest BCUT2D eigenvalue weighted by Crippen LogP contribution is -2.47. The molecule has 0 saturated carbocycles. The molecule has 9 heteroatoms. The van der Waals surface area contributed by atoms with Crippen molar-refractivity contribution < 1.29 is 14.4 Å². The maximum atomic E-state index is 12.5. The van der Waals surface area contributed by atoms with E-state index in [2.05, 4.69) is 10.6 Å². The van der Waals surface area contributed by atoms with Gasteiger partial charge in [-0.1, -0.05) is 53.0 Å². The van der Waals surface area contributed by atoms with Gasteiger partial charge in [0.15, 0.2) is 0 Å². The quantitative estimate of drug-likeness (QED) is 0.713. The number of carbonyl (C=O) groups is 3. The molecule has 0 radical (unpaired) electrons. The van der Waals surface area contributed by atoms with E-state index in [1.807, 2.05) is 0 Å². The van der Waals surface area contributed by atoms with Crippen LogP contribution in [0, 0.1) is 0 Å². The average molecular weight is 443 g/mol. The van der Waals surface area contributed by atoms with Crippen molar-refractivity contribution in [2.24, 2.45) is 0 Å². The first-order valence-corrected chi connectivity index (χ1v) is 9.38. The molecule has 0 bridgehead atoms. The van der Waals surface area contributed by atoms with Crippen molar-refractivity contribution in [3.63, 3.8) is 0 Å². The van der Waals surface area contributed by atoms with Gasteiger partial charge in [0.2, 0.25) is 11.8 Å². The zero-order valence-corrected chi connectivity index (χ0v) is 17.4. The predicted molar refractivity (Wildman–Crippen MR) is 111 cm³/mol. The van der Waals surface area contributed by atoms with Gasteiger partial charge in [-0.05, 0) is 31.2 Å². The summed E-state index contributed by atoms with van der Waals surface area (Å²) in [4.78, 5) is 38.1. The highest BCUT2D eigenvalue weighted by Crippen LogP contribution is 2.29. The van der Waals surface area contributed by atoms with Crippen molar-refractivity contribution >= 4 is 58.2 Å². The molecule has 3 amide bonds. The van der Waals surface area contributed by atoms with Crippen molar-refractivity contribution in [1.29, 1.82) is 0 Å². The lowest BCUT2D eigenvalue weighted by atomic mass is 10.2. The van der Waals surface area contributed by atoms with Gasteiger partial charge < -0.3 is 15.5 Å². The second-order valence-corrected chi connectivity index (χ2v) is 7.24. The fraction of sp³-hybridized carbons (Fsp3) is 0.211. The Bertz CT molecular complexity index is 885. The van der Waals surface area contributed by atoms with Crippen LogP contribution in [0.15, 0.2) is 42.5 Å². The van der Waals surface area contributed by atoms with Crippen molar-refractivity contribution in [3.05, 3.63) is 63.1 Å². The first-order chi connectivity index (χ1) is 13.2. The van der Waals surface area contributed by atoms with Crippen LogP contribution in [0.5, 0.6) is 0 Å². The van der Waals surface area contributed by atoms with Gasteiger partial charge in [0.05, 0.1) is 32.9 Å². The Hall–Kier alpha value is -2.28. The van der Waals surface area contributed by atoms with E-state index in [1.54, 1.807) is 42.5 Å². The number of hydrogen-bond acceptors (Lipinski definition) is 3. The van der Waals surface area contributed by atoms with E-state index in [0.29, 0.717) is 0 Å². The van der Waals surface area contributed by atoms with Crippen LogP contribution >= 0.6 is 34.8 Å². The van der Waals surface area contributed by atoms with Gasteiger partial charge in [-0.3, -0.25) is 14.4 Å². The van der Waals surface area contributed by atoms with E-state index in [4.69, 9.17) is 34.8 Å². The summed E-state index contributed by atoms with van der Waals surface area (Å²) < 4.78 is 0. The molecule has 1 atom stereocenters. The standard InChI is InChI=1S/C19H18Cl3N3O3/c1-11(23-18(27)12-6-3-4-7-13(12)20)19(28)25(2)10-16(26)24-17-14(21)8-5-9-15(17)22/h3-9,11H,10H2,1-2H3,(H,23,27)(H,24,26). The highest BCUT2D eigenvalue weighted by Gasteiger charge is 2.23. The minimum atomic E-state index is -0.856. The number of carbonyl (C=O) groups excluding carboxylic acids is 3. The summed E-state index contributed by atoms with van der Waals surface area (Å²) >= 11 is 18.0. The van der Waals surface area contributed by atoms with Crippen LogP contribution < -0.4 is 10.6 Å². The Balaban J connectivity index is 1.95. The van der Waals surface area contributed by atoms with Gasteiger partial charge in [0.1, 0.15) is 6.04 Å². The zero-order chi connectivity index (χ0) is 20.8. The molecule has 2 N–H and O–H groups in total. The molecule has 0 fully saturated rings. The van der Waals surface area contributed by atoms with E-state index in [0.717, 1.165) is 0 Å². The Morgan fingerprint density at radius 2 is 1.54 bits per heavy atom. The summed E-state index contributed by atoms with van der Waals surface area (Å²) in [6.45, 7) is 1.28. The molecule has 2 aromatic rings. The highest BCUT2D eigenvalue weighted by atomic mass is 35.5. The van der Waals surface area contributed by atoms with Gasteiger partial charge >= 0.3 is 0 Å². The molecule has 0 aliphatic rings. The average Bonchev–Trinajstić information content (AvgIpc) is 2.64. The third-order valence-electron chi connectivity index (χ3n) is 3.82. The molecule has 0 heterocycles. The summed E-state index contributed by atoms with van der Waals surface area (Å²) in [5.74, 6) is -1.40. The molecular weight excluding hydrogens is 425 g/mol. The second kappa shape index (κ2) is 9.78. The molecular formula is C19H18Cl3N3O3. The van der Waals surface area contributed by atoms with Crippen molar-refractivity contribution in [2.75, 3.05) is 18.9 Å². The third kappa shape index (κ3) is 5.61. The zero-order valence-electron chi connectivity index (χ0n) is 15.1. The van der Waals surface area contributed by atoms with Crippen LogP contribution in [-0.2, 0) is 9.59 Å². The van der Waals surface area contributed by atoms with E-state index in [9.17, 15) is 14.4 Å². The number of likely N-dealkylation sites (N-methyl/N-ethyl adjacent to an activating group) is 1. The van der Waals surface area contributed by atoms with Crippen molar-refractivity contribution in [1.82, 2.24) is 10.2 Å². The van der Waals surface area contributed by atoms with Crippen LogP contribution in [-0.4, -0.2) is 42.3 Å². The van der Waals surface area contributed by atoms with E-state index < -0.39 is 23.8 Å². The van der Waals surface area contributed by atoms with Crippen molar-refractivity contribution in [3.8, 4) is 0 Å². The Morgan fingerprint density at radius 1 is 0.964 bits per heavy atom. The Morgan fingerprint density at radius 3 is 2.14 bits per heavy atom. The second-order valence-electron chi connectivity index (χ2n) is 6.01. The molecule has 1 unspecified atom stereocenters. The van der Waals surface area contributed by atoms with E-state index in [1.165, 1.54) is 18.9 Å². The Kier molecular flexibility index (Phi) is 7.69. The molecule has 0 aliphatic carbocycles. The van der Waals surface area contributed by atoms with Gasteiger partial charge in [-0.15, -0.1) is 0 Å². The van der Waals surface area contributed by atoms with Gasteiger partial charge in [-0.25, -0.2) is 0 Å². The fourth-order valence-electron chi connectivity index (χ4n) is 2.40. The number of rotatable bonds is 6. The molecule has 0 aromatic heterocycles. The van der Waals surface area contributed by atoms with Gasteiger partial charge in [0, 0.05) is 7.05 Å². The maximum absolute atomic E-state index is 12.5. The third-order valence-corrected chi connectivity index (χ3v) is 4.78. The number of hydrogen-bond donors (Lipinski definition) is 2. The molecule has 2 aromatic carbocycles. The number of amides is 3. The first kappa shape index (κ1) is 22.0. The molecule has 148 valence electrons. The first-order valence-electron chi connectivity index (χ1n) is 8.25. The largest absolute Gasteiger partial charge is 0.340 e. The number of para-hydroxylation sites is 1. The number of halogens is 3. The monoisotopic (exact) mass is 441 g/mol. The number of nitrogens with zero attached hydrogens (tertiary/aromatic N) is 1. The smallest absolute Gasteiger partial charge is 0.253 e. The van der Waals surface area contributed by atoms with E-state index in [-0.39, 0.29) is 32.9 Å². The fourth-order valence-corrected chi connectivity index (χ4v) is 3.12. The number of anilines is 1. The minimum Gasteiger partial charge on any atom is -0.340 e. The summed E-state index contributed by atoms with van der Waals surface area (Å²) in [6.07, 6.45) is 0. The summed E-state index contributed by atoms with van der Waals surface area (Å²) in [5, 5.41) is 6.00. The molecule has 0 aliphatic heterocycles. The van der Waals surface area contributed by atoms with Crippen LogP contribution in [0.25, 0.3) is 0 Å². The Labute approximate surface area is 177 Å². The predicted octanol–water partition coefficient (Wildman–Crippen LogP) is 3.86. The minimum absolute atomic E-state index is 0.243. The van der Waals surface area contributed by atoms with Crippen LogP contribution in [0.3, 0.4) is 0 Å². The molecule has 2 rings (SSSR count). The highest BCUT2D eigenvalue weighted by molar-refractivity contribution is 6.39. The summed E-state index contributed by atoms with van der Waals surface area (Å²) in [7, 11) is 1.45. The van der Waals surface area contributed by atoms with Crippen molar-refractivity contribution in [2.45, 2.75) is 13.0 Å². The molecule has 28 heavy (non-hydrogen) atoms. The van der Waals surface area contributed by atoms with Gasteiger partial charge in [0.25, 0.3) is 5.91 Å². The summed E-state index contributed by atoms with van der Waals surface area (Å²) in [5.41, 5.74) is 0.536. The van der Waals surface area contributed by atoms with Crippen LogP contribution in [0.1, 0.15) is 17.3 Å². The maximum Gasteiger partial charge on any atom is 0.253 e. The lowest BCUT2D eigenvalue weighted by molar-refractivity contribution is -0.134. The molecule has 6 nitrogen and oxygen atoms in total. The SMILES string of the molecule is CC(NC(=O)c1ccccc1Cl)C(=O)N(C)CC(=O)Nc1c(Cl)cccc1Cl. The number of nitrogens with one attached hydrogen (secondary N) is 2. The lowest BCUT2D eigenvalue weighted by Gasteiger charge is -2.22. The summed E-state index contributed by atoms with van der Waals surface area (Å²) in [6, 6.07) is 10.5. The molecule has 0 saturated heterocycles. The van der Waals surface area contributed by atoms with Gasteiger partial charge in [-0.2, -0.15) is 0 Å². The van der Waals surface area contributed by atoms with E-state index >= 15 is 0 Å². The topological polar surface area (TPSA) is 78.5 Å². The normalized spacial score (nSPS) is 11.5. The molecule has 0 spiro atoms.